The Balaban J connectivity index is 1.10. The van der Waals surface area contributed by atoms with Crippen molar-refractivity contribution in [2.75, 3.05) is 19.0 Å². The monoisotopic (exact) mass is 722 g/mol. The van der Waals surface area contributed by atoms with Crippen molar-refractivity contribution < 1.29 is 13.9 Å². The molecule has 1 saturated heterocycles. The van der Waals surface area contributed by atoms with Gasteiger partial charge in [-0.25, -0.2) is 19.6 Å². The number of amides is 1. The van der Waals surface area contributed by atoms with Crippen molar-refractivity contribution in [3.05, 3.63) is 123 Å². The fraction of sp³-hybridized carbons (Fsp3) is 0.250. The molecule has 53 heavy (non-hydrogen) atoms. The SMILES string of the molecule is COc1cccc2c1CC[C@H]2Nc1nccc2cc(-c3c4c(nc(CCc5ccc(-n6cccn6)cc5)c3-c3n[nH]c(=O)o3)[C@@H]3CCCN3C4=O)sc12. The van der Waals surface area contributed by atoms with Crippen molar-refractivity contribution in [3.8, 4) is 33.3 Å². The van der Waals surface area contributed by atoms with Gasteiger partial charge in [0.25, 0.3) is 11.8 Å². The molecule has 1 amide bonds. The van der Waals surface area contributed by atoms with Crippen LogP contribution < -0.4 is 15.8 Å². The highest BCUT2D eigenvalue weighted by Gasteiger charge is 2.45. The van der Waals surface area contributed by atoms with E-state index in [1.54, 1.807) is 24.6 Å². The number of methoxy groups -OCH3 is 1. The summed E-state index contributed by atoms with van der Waals surface area (Å²) in [5, 5.41) is 15.8. The number of nitrogens with one attached hydrogen (secondary N) is 2. The van der Waals surface area contributed by atoms with Gasteiger partial charge in [0.15, 0.2) is 0 Å². The lowest BCUT2D eigenvalue weighted by atomic mass is 9.93. The molecule has 0 radical (unpaired) electrons. The molecule has 5 aromatic heterocycles. The minimum atomic E-state index is -0.668. The second-order valence-corrected chi connectivity index (χ2v) is 14.8. The summed E-state index contributed by atoms with van der Waals surface area (Å²) in [4.78, 5) is 39.6. The van der Waals surface area contributed by atoms with Gasteiger partial charge >= 0.3 is 5.76 Å². The maximum absolute atomic E-state index is 14.3. The predicted octanol–water partition coefficient (Wildman–Crippen LogP) is 7.07. The Bertz CT molecular complexity index is 2590. The molecule has 0 saturated carbocycles. The number of anilines is 1. The standard InChI is InChI=1S/C40H34N8O4S/c1-51-30-7-2-5-25-26(30)13-15-27(25)44-37-36-23(16-18-41-37)21-31(53-36)33-32(38-45-46-40(50)52-38)28(43-35-29-6-3-19-47(29)39(49)34(33)35)14-10-22-8-11-24(12-9-22)48-20-4-17-42-48/h2,4-5,7-9,11-12,16-18,20-21,27,29H,3,6,10,13-15,19H2,1H3,(H,41,44)(H,46,50)/t27-,29+/m1/s1. The van der Waals surface area contributed by atoms with E-state index in [1.165, 1.54) is 11.1 Å². The van der Waals surface area contributed by atoms with Crippen LogP contribution in [0.15, 0.2) is 88.5 Å². The van der Waals surface area contributed by atoms with Gasteiger partial charge in [-0.1, -0.05) is 24.3 Å². The molecule has 2 N–H and O–H groups in total. The first kappa shape index (κ1) is 31.6. The van der Waals surface area contributed by atoms with E-state index in [9.17, 15) is 9.59 Å². The quantitative estimate of drug-likeness (QED) is 0.160. The zero-order chi connectivity index (χ0) is 35.6. The number of carbonyl (C=O) groups is 1. The van der Waals surface area contributed by atoms with Gasteiger partial charge in [-0.3, -0.25) is 9.78 Å². The van der Waals surface area contributed by atoms with E-state index in [0.29, 0.717) is 36.1 Å². The van der Waals surface area contributed by atoms with Crippen molar-refractivity contribution >= 4 is 33.1 Å². The zero-order valence-electron chi connectivity index (χ0n) is 28.8. The van der Waals surface area contributed by atoms with Gasteiger partial charge in [0.1, 0.15) is 11.6 Å². The third-order valence-corrected chi connectivity index (χ3v) is 12.0. The average molecular weight is 723 g/mol. The van der Waals surface area contributed by atoms with Crippen molar-refractivity contribution in [2.45, 2.75) is 50.6 Å². The summed E-state index contributed by atoms with van der Waals surface area (Å²) in [7, 11) is 1.71. The van der Waals surface area contributed by atoms with Crippen LogP contribution in [0.1, 0.15) is 69.8 Å². The molecule has 264 valence electrons. The predicted molar refractivity (Wildman–Crippen MR) is 201 cm³/mol. The van der Waals surface area contributed by atoms with E-state index in [4.69, 9.17) is 19.1 Å². The highest BCUT2D eigenvalue weighted by molar-refractivity contribution is 7.23. The van der Waals surface area contributed by atoms with Crippen molar-refractivity contribution in [1.29, 1.82) is 0 Å². The number of nitrogens with zero attached hydrogens (tertiary/aromatic N) is 6. The summed E-state index contributed by atoms with van der Waals surface area (Å²) in [5.41, 5.74) is 7.89. The van der Waals surface area contributed by atoms with Gasteiger partial charge < -0.3 is 19.4 Å². The number of rotatable bonds is 9. The number of hydrogen-bond donors (Lipinski definition) is 2. The van der Waals surface area contributed by atoms with Crippen LogP contribution in [0, 0.1) is 0 Å². The molecule has 2 aliphatic heterocycles. The number of fused-ring (bicyclic) bond motifs is 5. The van der Waals surface area contributed by atoms with Crippen LogP contribution in [-0.2, 0) is 19.3 Å². The van der Waals surface area contributed by atoms with E-state index in [1.807, 2.05) is 58.4 Å². The lowest BCUT2D eigenvalue weighted by molar-refractivity contribution is 0.0776. The molecule has 0 unspecified atom stereocenters. The van der Waals surface area contributed by atoms with Crippen LogP contribution in [0.5, 0.6) is 5.75 Å². The molecule has 7 aromatic rings. The normalized spacial score (nSPS) is 17.4. The number of thiophene rings is 1. The summed E-state index contributed by atoms with van der Waals surface area (Å²) < 4.78 is 14.1. The first-order chi connectivity index (χ1) is 26.0. The minimum Gasteiger partial charge on any atom is -0.496 e. The summed E-state index contributed by atoms with van der Waals surface area (Å²) in [5.74, 6) is 1.10. The summed E-state index contributed by atoms with van der Waals surface area (Å²) in [6, 6.07) is 20.5. The lowest BCUT2D eigenvalue weighted by Gasteiger charge is -2.16. The van der Waals surface area contributed by atoms with Crippen LogP contribution >= 0.6 is 11.3 Å². The maximum atomic E-state index is 14.3. The van der Waals surface area contributed by atoms with Crippen molar-refractivity contribution in [1.82, 2.24) is 34.8 Å². The van der Waals surface area contributed by atoms with Crippen molar-refractivity contribution in [3.63, 3.8) is 0 Å². The van der Waals surface area contributed by atoms with E-state index in [0.717, 1.165) is 74.9 Å². The van der Waals surface area contributed by atoms with Gasteiger partial charge in [-0.2, -0.15) is 5.10 Å². The number of H-pyrrole nitrogens is 1. The smallest absolute Gasteiger partial charge is 0.434 e. The number of hydrogen-bond acceptors (Lipinski definition) is 10. The molecule has 1 fully saturated rings. The number of aromatic amines is 1. The molecule has 10 rings (SSSR count). The minimum absolute atomic E-state index is 0.0460. The summed E-state index contributed by atoms with van der Waals surface area (Å²) in [6.07, 6.45) is 10.3. The Labute approximate surface area is 307 Å². The van der Waals surface area contributed by atoms with Crippen molar-refractivity contribution in [2.24, 2.45) is 0 Å². The molecule has 1 aliphatic carbocycles. The zero-order valence-corrected chi connectivity index (χ0v) is 29.7. The number of ether oxygens (including phenoxy) is 1. The Morgan fingerprint density at radius 2 is 1.92 bits per heavy atom. The number of aryl methyl sites for hydroxylation is 2. The molecule has 3 aliphatic rings. The Morgan fingerprint density at radius 3 is 2.74 bits per heavy atom. The van der Waals surface area contributed by atoms with E-state index in [-0.39, 0.29) is 23.9 Å². The highest BCUT2D eigenvalue weighted by Crippen LogP contribution is 2.50. The third-order valence-electron chi connectivity index (χ3n) is 10.8. The lowest BCUT2D eigenvalue weighted by Crippen LogP contribution is -2.22. The van der Waals surface area contributed by atoms with E-state index >= 15 is 0 Å². The Kier molecular flexibility index (Phi) is 7.49. The second kappa shape index (κ2) is 12.6. The molecule has 12 nitrogen and oxygen atoms in total. The molecular weight excluding hydrogens is 689 g/mol. The van der Waals surface area contributed by atoms with Gasteiger partial charge in [0.2, 0.25) is 0 Å². The van der Waals surface area contributed by atoms with Crippen LogP contribution in [-0.4, -0.2) is 54.4 Å². The first-order valence-electron chi connectivity index (χ1n) is 17.9. The number of pyridine rings is 2. The average Bonchev–Trinajstić information content (AvgIpc) is 4.04. The molecule has 2 atom stereocenters. The molecule has 0 bridgehead atoms. The van der Waals surface area contributed by atoms with Gasteiger partial charge in [-0.05, 0) is 97.0 Å². The Hall–Kier alpha value is -6.08. The molecular formula is C40H34N8O4S. The second-order valence-electron chi connectivity index (χ2n) is 13.7. The molecule has 13 heteroatoms. The Morgan fingerprint density at radius 1 is 1.02 bits per heavy atom. The highest BCUT2D eigenvalue weighted by atomic mass is 32.1. The van der Waals surface area contributed by atoms with Crippen LogP contribution in [0.3, 0.4) is 0 Å². The number of benzene rings is 2. The van der Waals surface area contributed by atoms with Gasteiger partial charge in [0, 0.05) is 35.6 Å². The molecule has 7 heterocycles. The van der Waals surface area contributed by atoms with Crippen LogP contribution in [0.4, 0.5) is 5.82 Å². The largest absolute Gasteiger partial charge is 0.496 e. The number of carbonyl (C=O) groups excluding carboxylic acids is 1. The van der Waals surface area contributed by atoms with Crippen LogP contribution in [0.2, 0.25) is 0 Å². The van der Waals surface area contributed by atoms with Crippen LogP contribution in [0.25, 0.3) is 37.7 Å². The fourth-order valence-electron chi connectivity index (χ4n) is 8.36. The first-order valence-corrected chi connectivity index (χ1v) is 18.7. The third kappa shape index (κ3) is 5.25. The topological polar surface area (TPSA) is 144 Å². The number of aromatic nitrogens is 6. The van der Waals surface area contributed by atoms with Gasteiger partial charge in [0.05, 0.1) is 52.1 Å². The van der Waals surface area contributed by atoms with Gasteiger partial charge in [-0.15, -0.1) is 16.4 Å². The van der Waals surface area contributed by atoms with E-state index < -0.39 is 5.76 Å². The molecule has 0 spiro atoms. The summed E-state index contributed by atoms with van der Waals surface area (Å²) >= 11 is 1.57. The van der Waals surface area contributed by atoms with E-state index in [2.05, 4.69) is 44.9 Å². The molecule has 2 aromatic carbocycles. The maximum Gasteiger partial charge on any atom is 0.434 e. The fourth-order valence-corrected chi connectivity index (χ4v) is 9.53. The summed E-state index contributed by atoms with van der Waals surface area (Å²) in [6.45, 7) is 0.683.